The van der Waals surface area contributed by atoms with Crippen LogP contribution in [-0.2, 0) is 4.79 Å². The highest BCUT2D eigenvalue weighted by molar-refractivity contribution is 6.42. The molecule has 116 valence electrons. The zero-order chi connectivity index (χ0) is 15.4. The number of halogens is 2. The summed E-state index contributed by atoms with van der Waals surface area (Å²) in [4.78, 5) is 12.2. The van der Waals surface area contributed by atoms with Crippen molar-refractivity contribution in [2.45, 2.75) is 44.9 Å². The molecule has 0 aromatic heterocycles. The normalized spacial score (nSPS) is 23.4. The monoisotopic (exact) mass is 330 g/mol. The van der Waals surface area contributed by atoms with Crippen molar-refractivity contribution in [1.29, 1.82) is 0 Å². The Hall–Kier alpha value is -0.970. The minimum atomic E-state index is -0.576. The summed E-state index contributed by atoms with van der Waals surface area (Å²) < 4.78 is 5.61. The topological polar surface area (TPSA) is 50.4 Å². The summed E-state index contributed by atoms with van der Waals surface area (Å²) in [6, 6.07) is 5.59. The number of hydrogen-bond donors (Lipinski definition) is 2. The minimum absolute atomic E-state index is 0.111. The summed E-state index contributed by atoms with van der Waals surface area (Å²) in [5.74, 6) is 0.422. The van der Waals surface area contributed by atoms with Gasteiger partial charge in [-0.25, -0.2) is 0 Å². The van der Waals surface area contributed by atoms with Gasteiger partial charge in [0.25, 0.3) is 5.91 Å². The summed E-state index contributed by atoms with van der Waals surface area (Å²) in [6.07, 6.45) is 1.30. The van der Waals surface area contributed by atoms with Gasteiger partial charge < -0.3 is 15.4 Å². The number of carbonyl (C=O) groups excluding carboxylic acids is 1. The summed E-state index contributed by atoms with van der Waals surface area (Å²) in [5.41, 5.74) is 0. The molecule has 2 N–H and O–H groups in total. The van der Waals surface area contributed by atoms with Gasteiger partial charge in [-0.3, -0.25) is 4.79 Å². The van der Waals surface area contributed by atoms with E-state index in [1.165, 1.54) is 0 Å². The molecule has 0 spiro atoms. The molecule has 0 saturated carbocycles. The van der Waals surface area contributed by atoms with Crippen LogP contribution in [0.2, 0.25) is 10.0 Å². The van der Waals surface area contributed by atoms with Gasteiger partial charge in [-0.2, -0.15) is 0 Å². The van der Waals surface area contributed by atoms with Gasteiger partial charge in [0.2, 0.25) is 0 Å². The minimum Gasteiger partial charge on any atom is -0.481 e. The Balaban J connectivity index is 1.88. The molecule has 1 aromatic rings. The third-order valence-corrected chi connectivity index (χ3v) is 4.28. The highest BCUT2D eigenvalue weighted by Crippen LogP contribution is 2.26. The van der Waals surface area contributed by atoms with E-state index in [-0.39, 0.29) is 11.9 Å². The Labute approximate surface area is 135 Å². The van der Waals surface area contributed by atoms with E-state index in [0.717, 1.165) is 19.4 Å². The molecule has 1 aliphatic rings. The van der Waals surface area contributed by atoms with Gasteiger partial charge in [-0.1, -0.05) is 23.2 Å². The molecule has 1 amide bonds. The Morgan fingerprint density at radius 1 is 1.43 bits per heavy atom. The van der Waals surface area contributed by atoms with Crippen molar-refractivity contribution in [3.05, 3.63) is 28.2 Å². The zero-order valence-corrected chi connectivity index (χ0v) is 13.7. The Morgan fingerprint density at radius 2 is 2.19 bits per heavy atom. The highest BCUT2D eigenvalue weighted by Gasteiger charge is 2.23. The van der Waals surface area contributed by atoms with Crippen molar-refractivity contribution in [3.63, 3.8) is 0 Å². The Bertz CT molecular complexity index is 510. The van der Waals surface area contributed by atoms with Crippen LogP contribution in [0.25, 0.3) is 0 Å². The van der Waals surface area contributed by atoms with Crippen LogP contribution in [0, 0.1) is 0 Å². The van der Waals surface area contributed by atoms with Crippen molar-refractivity contribution >= 4 is 29.1 Å². The van der Waals surface area contributed by atoms with Crippen LogP contribution in [0.5, 0.6) is 5.75 Å². The van der Waals surface area contributed by atoms with E-state index in [9.17, 15) is 4.79 Å². The number of amides is 1. The first-order valence-electron chi connectivity index (χ1n) is 7.11. The molecule has 3 atom stereocenters. The smallest absolute Gasteiger partial charge is 0.260 e. The number of piperidine rings is 1. The SMILES string of the molecule is CC1CC(NC(=O)C(C)Oc2ccc(Cl)c(Cl)c2)CCN1. The lowest BCUT2D eigenvalue weighted by Crippen LogP contribution is -2.49. The van der Waals surface area contributed by atoms with Crippen molar-refractivity contribution in [1.82, 2.24) is 10.6 Å². The fraction of sp³-hybridized carbons (Fsp3) is 0.533. The van der Waals surface area contributed by atoms with Crippen molar-refractivity contribution in [3.8, 4) is 5.75 Å². The zero-order valence-electron chi connectivity index (χ0n) is 12.2. The fourth-order valence-electron chi connectivity index (χ4n) is 2.39. The van der Waals surface area contributed by atoms with Gasteiger partial charge in [0, 0.05) is 18.2 Å². The molecule has 0 radical (unpaired) electrons. The number of rotatable bonds is 4. The van der Waals surface area contributed by atoms with Crippen LogP contribution < -0.4 is 15.4 Å². The third kappa shape index (κ3) is 4.77. The van der Waals surface area contributed by atoms with Crippen molar-refractivity contribution in [2.24, 2.45) is 0 Å². The lowest BCUT2D eigenvalue weighted by atomic mass is 10.0. The van der Waals surface area contributed by atoms with Crippen LogP contribution in [-0.4, -0.2) is 30.6 Å². The maximum Gasteiger partial charge on any atom is 0.260 e. The molecule has 4 nitrogen and oxygen atoms in total. The van der Waals surface area contributed by atoms with E-state index in [2.05, 4.69) is 17.6 Å². The third-order valence-electron chi connectivity index (χ3n) is 3.54. The predicted molar refractivity (Wildman–Crippen MR) is 85.2 cm³/mol. The lowest BCUT2D eigenvalue weighted by molar-refractivity contribution is -0.128. The molecule has 1 aromatic carbocycles. The Morgan fingerprint density at radius 3 is 2.86 bits per heavy atom. The predicted octanol–water partition coefficient (Wildman–Crippen LogP) is 3.02. The number of carbonyl (C=O) groups is 1. The second-order valence-corrected chi connectivity index (χ2v) is 6.24. The molecular formula is C15H20Cl2N2O2. The van der Waals surface area contributed by atoms with E-state index in [1.807, 2.05) is 0 Å². The maximum absolute atomic E-state index is 12.2. The summed E-state index contributed by atoms with van der Waals surface area (Å²) in [7, 11) is 0. The first-order valence-corrected chi connectivity index (χ1v) is 7.86. The quantitative estimate of drug-likeness (QED) is 0.892. The second kappa shape index (κ2) is 7.34. The molecule has 1 fully saturated rings. The average Bonchev–Trinajstić information content (AvgIpc) is 2.43. The lowest BCUT2D eigenvalue weighted by Gasteiger charge is -2.29. The molecule has 3 unspecified atom stereocenters. The summed E-state index contributed by atoms with van der Waals surface area (Å²) in [5, 5.41) is 7.26. The van der Waals surface area contributed by atoms with Crippen LogP contribution >= 0.6 is 23.2 Å². The van der Waals surface area contributed by atoms with E-state index in [4.69, 9.17) is 27.9 Å². The van der Waals surface area contributed by atoms with Crippen LogP contribution in [0.15, 0.2) is 18.2 Å². The van der Waals surface area contributed by atoms with Gasteiger partial charge in [0.1, 0.15) is 5.75 Å². The van der Waals surface area contributed by atoms with Crippen molar-refractivity contribution in [2.75, 3.05) is 6.54 Å². The van der Waals surface area contributed by atoms with E-state index in [0.29, 0.717) is 21.8 Å². The number of hydrogen-bond acceptors (Lipinski definition) is 3. The molecule has 1 heterocycles. The van der Waals surface area contributed by atoms with Gasteiger partial charge in [0.05, 0.1) is 10.0 Å². The fourth-order valence-corrected chi connectivity index (χ4v) is 2.68. The van der Waals surface area contributed by atoms with E-state index < -0.39 is 6.10 Å². The summed E-state index contributed by atoms with van der Waals surface area (Å²) in [6.45, 7) is 4.77. The highest BCUT2D eigenvalue weighted by atomic mass is 35.5. The van der Waals surface area contributed by atoms with Crippen molar-refractivity contribution < 1.29 is 9.53 Å². The molecule has 1 aliphatic heterocycles. The Kier molecular flexibility index (Phi) is 5.73. The van der Waals surface area contributed by atoms with Gasteiger partial charge in [0.15, 0.2) is 6.10 Å². The van der Waals surface area contributed by atoms with Crippen LogP contribution in [0.1, 0.15) is 26.7 Å². The van der Waals surface area contributed by atoms with Crippen LogP contribution in [0.3, 0.4) is 0 Å². The van der Waals surface area contributed by atoms with Gasteiger partial charge >= 0.3 is 0 Å². The number of nitrogens with one attached hydrogen (secondary N) is 2. The number of ether oxygens (including phenoxy) is 1. The summed E-state index contributed by atoms with van der Waals surface area (Å²) >= 11 is 11.8. The molecule has 21 heavy (non-hydrogen) atoms. The molecule has 1 saturated heterocycles. The maximum atomic E-state index is 12.2. The molecule has 2 rings (SSSR count). The second-order valence-electron chi connectivity index (χ2n) is 5.42. The average molecular weight is 331 g/mol. The van der Waals surface area contributed by atoms with Gasteiger partial charge in [-0.05, 0) is 45.4 Å². The molecule has 0 bridgehead atoms. The van der Waals surface area contributed by atoms with E-state index >= 15 is 0 Å². The first-order chi connectivity index (χ1) is 9.95. The molecular weight excluding hydrogens is 311 g/mol. The molecule has 0 aliphatic carbocycles. The van der Waals surface area contributed by atoms with Gasteiger partial charge in [-0.15, -0.1) is 0 Å². The van der Waals surface area contributed by atoms with Crippen LogP contribution in [0.4, 0.5) is 0 Å². The largest absolute Gasteiger partial charge is 0.481 e. The van der Waals surface area contributed by atoms with E-state index in [1.54, 1.807) is 25.1 Å². The standard InChI is InChI=1S/C15H20Cl2N2O2/c1-9-7-11(5-6-18-9)19-15(20)10(2)21-12-3-4-13(16)14(17)8-12/h3-4,8-11,18H,5-7H2,1-2H3,(H,19,20). The first kappa shape index (κ1) is 16.4. The molecule has 6 heteroatoms. The number of benzene rings is 1.